The molecule has 0 bridgehead atoms. The Kier molecular flexibility index (Phi) is 6.07. The van der Waals surface area contributed by atoms with Gasteiger partial charge in [0.25, 0.3) is 0 Å². The van der Waals surface area contributed by atoms with Crippen LogP contribution in [0.25, 0.3) is 11.0 Å². The summed E-state index contributed by atoms with van der Waals surface area (Å²) in [4.78, 5) is 24.9. The Bertz CT molecular complexity index is 1060. The van der Waals surface area contributed by atoms with Gasteiger partial charge >= 0.3 is 5.97 Å². The summed E-state index contributed by atoms with van der Waals surface area (Å²) in [7, 11) is 2.40. The van der Waals surface area contributed by atoms with E-state index in [-0.39, 0.29) is 16.9 Å². The molecule has 154 valence electrons. The van der Waals surface area contributed by atoms with Crippen molar-refractivity contribution in [3.8, 4) is 0 Å². The molecule has 1 aromatic heterocycles. The Morgan fingerprint density at radius 1 is 1.14 bits per heavy atom. The zero-order chi connectivity index (χ0) is 21.2. The van der Waals surface area contributed by atoms with E-state index in [1.807, 2.05) is 88.3 Å². The van der Waals surface area contributed by atoms with E-state index in [0.717, 1.165) is 11.3 Å². The lowest BCUT2D eigenvalue weighted by Gasteiger charge is -2.21. The summed E-state index contributed by atoms with van der Waals surface area (Å²) in [5.41, 5.74) is 2.54. The molecule has 0 saturated carbocycles. The van der Waals surface area contributed by atoms with Gasteiger partial charge in [-0.2, -0.15) is 0 Å². The summed E-state index contributed by atoms with van der Waals surface area (Å²) in [6, 6.07) is 15.1. The molecule has 3 aromatic rings. The number of para-hydroxylation sites is 3. The molecule has 0 aliphatic carbocycles. The molecule has 0 saturated heterocycles. The Morgan fingerprint density at radius 3 is 2.48 bits per heavy atom. The molecule has 0 aliphatic heterocycles. The lowest BCUT2D eigenvalue weighted by atomic mass is 9.91. The molecule has 0 aliphatic rings. The molecular formula is C22H27N3O3S. The molecule has 2 aromatic carbocycles. The predicted octanol–water partition coefficient (Wildman–Crippen LogP) is 3.80. The lowest BCUT2D eigenvalue weighted by molar-refractivity contribution is -0.155. The van der Waals surface area contributed by atoms with Gasteiger partial charge in [-0.25, -0.2) is 9.78 Å². The molecule has 0 fully saturated rings. The monoisotopic (exact) mass is 413 g/mol. The molecule has 29 heavy (non-hydrogen) atoms. The average molecular weight is 414 g/mol. The van der Waals surface area contributed by atoms with E-state index in [1.165, 1.54) is 4.73 Å². The van der Waals surface area contributed by atoms with Crippen molar-refractivity contribution in [2.45, 2.75) is 38.1 Å². The molecule has 0 amide bonds. The van der Waals surface area contributed by atoms with Gasteiger partial charge < -0.3 is 9.74 Å². The number of anilines is 1. The zero-order valence-electron chi connectivity index (χ0n) is 17.5. The SMILES string of the molecule is CCC(C)(C)C(=O)On1c(S(=O)Cc2ccccc2N(C)C)nc2ccccc21. The Balaban J connectivity index is 2.01. The minimum atomic E-state index is -1.50. The normalized spacial score (nSPS) is 12.7. The van der Waals surface area contributed by atoms with Crippen LogP contribution in [-0.2, 0) is 21.3 Å². The number of fused-ring (bicyclic) bond motifs is 1. The number of rotatable bonds is 7. The second-order valence-electron chi connectivity index (χ2n) is 7.81. The largest absolute Gasteiger partial charge is 0.377 e. The topological polar surface area (TPSA) is 64.4 Å². The molecule has 1 heterocycles. The minimum absolute atomic E-state index is 0.236. The summed E-state index contributed by atoms with van der Waals surface area (Å²) in [5, 5.41) is 0.236. The number of hydrogen-bond acceptors (Lipinski definition) is 5. The number of carbonyl (C=O) groups is 1. The third-order valence-corrected chi connectivity index (χ3v) is 6.30. The van der Waals surface area contributed by atoms with Crippen LogP contribution >= 0.6 is 0 Å². The molecule has 7 heteroatoms. The summed E-state index contributed by atoms with van der Waals surface area (Å²) in [6.45, 7) is 5.60. The van der Waals surface area contributed by atoms with E-state index in [4.69, 9.17) is 4.84 Å². The first-order valence-electron chi connectivity index (χ1n) is 9.58. The zero-order valence-corrected chi connectivity index (χ0v) is 18.3. The smallest absolute Gasteiger partial charge is 0.338 e. The van der Waals surface area contributed by atoms with E-state index < -0.39 is 16.2 Å². The first kappa shape index (κ1) is 21.0. The van der Waals surface area contributed by atoms with E-state index >= 15 is 0 Å². The van der Waals surface area contributed by atoms with E-state index in [9.17, 15) is 9.00 Å². The van der Waals surface area contributed by atoms with Crippen LogP contribution in [0, 0.1) is 5.41 Å². The Labute approximate surface area is 173 Å². The summed E-state index contributed by atoms with van der Waals surface area (Å²) in [5.74, 6) is -0.109. The molecule has 0 spiro atoms. The highest BCUT2D eigenvalue weighted by Crippen LogP contribution is 2.25. The van der Waals surface area contributed by atoms with Gasteiger partial charge in [-0.1, -0.05) is 37.3 Å². The van der Waals surface area contributed by atoms with Crippen LogP contribution in [0.1, 0.15) is 32.8 Å². The van der Waals surface area contributed by atoms with Gasteiger partial charge in [-0.3, -0.25) is 4.21 Å². The maximum atomic E-state index is 13.3. The first-order chi connectivity index (χ1) is 13.7. The highest BCUT2D eigenvalue weighted by molar-refractivity contribution is 7.84. The predicted molar refractivity (Wildman–Crippen MR) is 116 cm³/mol. The van der Waals surface area contributed by atoms with Crippen molar-refractivity contribution in [3.63, 3.8) is 0 Å². The minimum Gasteiger partial charge on any atom is -0.377 e. The fourth-order valence-electron chi connectivity index (χ4n) is 2.84. The maximum absolute atomic E-state index is 13.3. The van der Waals surface area contributed by atoms with E-state index in [2.05, 4.69) is 4.98 Å². The van der Waals surface area contributed by atoms with Gasteiger partial charge in [0.05, 0.1) is 27.5 Å². The standard InChI is InChI=1S/C22H27N3O3S/c1-6-22(2,3)20(26)28-25-19-14-10-8-12-17(19)23-21(25)29(27)15-16-11-7-9-13-18(16)24(4)5/h7-14H,6,15H2,1-5H3. The molecule has 1 atom stereocenters. The van der Waals surface area contributed by atoms with Crippen molar-refractivity contribution in [2.75, 3.05) is 19.0 Å². The Morgan fingerprint density at radius 2 is 1.79 bits per heavy atom. The molecule has 0 radical (unpaired) electrons. The first-order valence-corrected chi connectivity index (χ1v) is 10.9. The highest BCUT2D eigenvalue weighted by atomic mass is 32.2. The molecular weight excluding hydrogens is 386 g/mol. The highest BCUT2D eigenvalue weighted by Gasteiger charge is 2.30. The van der Waals surface area contributed by atoms with Crippen molar-refractivity contribution < 1.29 is 13.8 Å². The van der Waals surface area contributed by atoms with Crippen LogP contribution in [0.4, 0.5) is 5.69 Å². The summed E-state index contributed by atoms with van der Waals surface area (Å²) < 4.78 is 14.6. The lowest BCUT2D eigenvalue weighted by Crippen LogP contribution is -2.34. The van der Waals surface area contributed by atoms with Gasteiger partial charge in [0.1, 0.15) is 5.52 Å². The molecule has 6 nitrogen and oxygen atoms in total. The van der Waals surface area contributed by atoms with Crippen molar-refractivity contribution in [1.82, 2.24) is 9.71 Å². The summed E-state index contributed by atoms with van der Waals surface area (Å²) in [6.07, 6.45) is 0.632. The fraction of sp³-hybridized carbons (Fsp3) is 0.364. The van der Waals surface area contributed by atoms with Gasteiger partial charge in [0.15, 0.2) is 0 Å². The maximum Gasteiger partial charge on any atom is 0.338 e. The number of imidazole rings is 1. The van der Waals surface area contributed by atoms with Crippen molar-refractivity contribution in [2.24, 2.45) is 5.41 Å². The second kappa shape index (κ2) is 8.37. The molecule has 0 N–H and O–H groups in total. The number of benzene rings is 2. The summed E-state index contributed by atoms with van der Waals surface area (Å²) >= 11 is 0. The third-order valence-electron chi connectivity index (χ3n) is 5.06. The van der Waals surface area contributed by atoms with Gasteiger partial charge in [-0.15, -0.1) is 4.73 Å². The number of aromatic nitrogens is 2. The quantitative estimate of drug-likeness (QED) is 0.589. The van der Waals surface area contributed by atoms with E-state index in [0.29, 0.717) is 17.5 Å². The average Bonchev–Trinajstić information content (AvgIpc) is 3.07. The number of carbonyl (C=O) groups excluding carboxylic acids is 1. The van der Waals surface area contributed by atoms with Crippen molar-refractivity contribution in [1.29, 1.82) is 0 Å². The van der Waals surface area contributed by atoms with Crippen LogP contribution < -0.4 is 9.74 Å². The van der Waals surface area contributed by atoms with Crippen LogP contribution in [0.2, 0.25) is 0 Å². The van der Waals surface area contributed by atoms with Crippen LogP contribution in [0.3, 0.4) is 0 Å². The van der Waals surface area contributed by atoms with Crippen LogP contribution in [0.5, 0.6) is 0 Å². The number of hydrogen-bond donors (Lipinski definition) is 0. The van der Waals surface area contributed by atoms with Gasteiger partial charge in [0.2, 0.25) is 5.16 Å². The third kappa shape index (κ3) is 4.34. The Hall–Kier alpha value is -2.67. The second-order valence-corrected chi connectivity index (χ2v) is 9.15. The van der Waals surface area contributed by atoms with Gasteiger partial charge in [0, 0.05) is 19.8 Å². The number of nitrogens with zero attached hydrogens (tertiary/aromatic N) is 3. The molecule has 1 unspecified atom stereocenters. The van der Waals surface area contributed by atoms with Crippen LogP contribution in [-0.4, -0.2) is 34.0 Å². The van der Waals surface area contributed by atoms with Crippen molar-refractivity contribution >= 4 is 33.5 Å². The molecule has 3 rings (SSSR count). The van der Waals surface area contributed by atoms with Gasteiger partial charge in [-0.05, 0) is 44.0 Å². The van der Waals surface area contributed by atoms with Crippen molar-refractivity contribution in [3.05, 3.63) is 54.1 Å². The van der Waals surface area contributed by atoms with Crippen LogP contribution in [0.15, 0.2) is 53.7 Å². The fourth-order valence-corrected chi connectivity index (χ4v) is 4.02. The van der Waals surface area contributed by atoms with E-state index in [1.54, 1.807) is 0 Å².